The maximum atomic E-state index is 12.1. The van der Waals surface area contributed by atoms with Crippen LogP contribution in [-0.2, 0) is 22.7 Å². The number of benzene rings is 1. The SMILES string of the molecule is COc1ccc(C(=O)CCCC(=O)NCc2cn(CC(=O)O)nn2)cc1. The molecule has 2 aromatic rings. The molecule has 0 aliphatic rings. The first-order chi connectivity index (χ1) is 12.5. The predicted octanol–water partition coefficient (Wildman–Crippen LogP) is 1.04. The molecule has 26 heavy (non-hydrogen) atoms. The summed E-state index contributed by atoms with van der Waals surface area (Å²) < 4.78 is 6.22. The van der Waals surface area contributed by atoms with Gasteiger partial charge in [0.2, 0.25) is 5.91 Å². The van der Waals surface area contributed by atoms with Gasteiger partial charge in [-0.25, -0.2) is 4.68 Å². The Hall–Kier alpha value is -3.23. The summed E-state index contributed by atoms with van der Waals surface area (Å²) in [5.74, 6) is -0.578. The second kappa shape index (κ2) is 9.30. The summed E-state index contributed by atoms with van der Waals surface area (Å²) in [6.45, 7) is -0.126. The number of carboxylic acid groups (broad SMARTS) is 1. The van der Waals surface area contributed by atoms with E-state index in [1.807, 2.05) is 0 Å². The van der Waals surface area contributed by atoms with Gasteiger partial charge in [0.15, 0.2) is 5.78 Å². The van der Waals surface area contributed by atoms with E-state index in [2.05, 4.69) is 15.6 Å². The number of ether oxygens (including phenoxy) is 1. The average molecular weight is 360 g/mol. The Morgan fingerprint density at radius 1 is 1.19 bits per heavy atom. The number of carboxylic acids is 1. The lowest BCUT2D eigenvalue weighted by Crippen LogP contribution is -2.22. The quantitative estimate of drug-likeness (QED) is 0.607. The number of aromatic nitrogens is 3. The normalized spacial score (nSPS) is 10.3. The molecular weight excluding hydrogens is 340 g/mol. The highest BCUT2D eigenvalue weighted by Crippen LogP contribution is 2.13. The Morgan fingerprint density at radius 2 is 1.92 bits per heavy atom. The fourth-order valence-corrected chi connectivity index (χ4v) is 2.24. The standard InChI is InChI=1S/C17H20N4O5/c1-26-14-7-5-12(6-8-14)15(22)3-2-4-16(23)18-9-13-10-21(20-19-13)11-17(24)25/h5-8,10H,2-4,9,11H2,1H3,(H,18,23)(H,24,25). The maximum Gasteiger partial charge on any atom is 0.325 e. The van der Waals surface area contributed by atoms with Gasteiger partial charge in [-0.15, -0.1) is 5.10 Å². The zero-order valence-electron chi connectivity index (χ0n) is 14.3. The van der Waals surface area contributed by atoms with E-state index in [0.717, 1.165) is 0 Å². The van der Waals surface area contributed by atoms with Gasteiger partial charge in [0.05, 0.1) is 19.9 Å². The molecule has 0 radical (unpaired) electrons. The van der Waals surface area contributed by atoms with Gasteiger partial charge in [-0.1, -0.05) is 5.21 Å². The fraction of sp³-hybridized carbons (Fsp3) is 0.353. The van der Waals surface area contributed by atoms with Crippen LogP contribution in [0, 0.1) is 0 Å². The summed E-state index contributed by atoms with van der Waals surface area (Å²) in [6.07, 6.45) is 2.38. The zero-order chi connectivity index (χ0) is 18.9. The van der Waals surface area contributed by atoms with Crippen LogP contribution in [0.25, 0.3) is 0 Å². The maximum absolute atomic E-state index is 12.1. The van der Waals surface area contributed by atoms with E-state index < -0.39 is 5.97 Å². The zero-order valence-corrected chi connectivity index (χ0v) is 14.3. The van der Waals surface area contributed by atoms with Crippen molar-refractivity contribution in [3.63, 3.8) is 0 Å². The van der Waals surface area contributed by atoms with E-state index in [1.54, 1.807) is 31.4 Å². The third-order valence-electron chi connectivity index (χ3n) is 3.57. The molecule has 0 aliphatic carbocycles. The molecule has 9 nitrogen and oxygen atoms in total. The highest BCUT2D eigenvalue weighted by Gasteiger charge is 2.09. The van der Waals surface area contributed by atoms with Gasteiger partial charge in [-0.05, 0) is 30.7 Å². The van der Waals surface area contributed by atoms with Crippen molar-refractivity contribution in [1.82, 2.24) is 20.3 Å². The Balaban J connectivity index is 1.68. The van der Waals surface area contributed by atoms with Gasteiger partial charge in [0, 0.05) is 18.4 Å². The van der Waals surface area contributed by atoms with Crippen LogP contribution in [0.15, 0.2) is 30.5 Å². The minimum absolute atomic E-state index is 0.0305. The molecule has 0 unspecified atom stereocenters. The Labute approximate surface area is 150 Å². The Bertz CT molecular complexity index is 770. The van der Waals surface area contributed by atoms with Crippen LogP contribution in [0.4, 0.5) is 0 Å². The third-order valence-corrected chi connectivity index (χ3v) is 3.57. The van der Waals surface area contributed by atoms with Crippen molar-refractivity contribution in [2.24, 2.45) is 0 Å². The predicted molar refractivity (Wildman–Crippen MR) is 90.7 cm³/mol. The number of Topliss-reactive ketones (excluding diaryl/α,β-unsaturated/α-hetero) is 1. The van der Waals surface area contributed by atoms with E-state index in [-0.39, 0.29) is 37.6 Å². The summed E-state index contributed by atoms with van der Waals surface area (Å²) in [5.41, 5.74) is 1.05. The summed E-state index contributed by atoms with van der Waals surface area (Å²) >= 11 is 0. The van der Waals surface area contributed by atoms with Crippen LogP contribution in [-0.4, -0.2) is 44.9 Å². The number of hydrogen-bond donors (Lipinski definition) is 2. The van der Waals surface area contributed by atoms with Crippen molar-refractivity contribution in [2.45, 2.75) is 32.4 Å². The van der Waals surface area contributed by atoms with Crippen LogP contribution in [0.5, 0.6) is 5.75 Å². The van der Waals surface area contributed by atoms with Gasteiger partial charge in [0.25, 0.3) is 0 Å². The van der Waals surface area contributed by atoms with Crippen LogP contribution in [0.3, 0.4) is 0 Å². The van der Waals surface area contributed by atoms with Crippen LogP contribution >= 0.6 is 0 Å². The minimum atomic E-state index is -1.02. The lowest BCUT2D eigenvalue weighted by molar-refractivity contribution is -0.138. The molecule has 2 N–H and O–H groups in total. The first-order valence-corrected chi connectivity index (χ1v) is 8.02. The number of rotatable bonds is 10. The minimum Gasteiger partial charge on any atom is -0.497 e. The smallest absolute Gasteiger partial charge is 0.325 e. The van der Waals surface area contributed by atoms with Crippen molar-refractivity contribution >= 4 is 17.7 Å². The summed E-state index contributed by atoms with van der Waals surface area (Å²) in [4.78, 5) is 34.4. The molecule has 0 saturated heterocycles. The molecule has 138 valence electrons. The molecule has 0 aliphatic heterocycles. The lowest BCUT2D eigenvalue weighted by atomic mass is 10.1. The number of carbonyl (C=O) groups is 3. The van der Waals surface area contributed by atoms with E-state index in [0.29, 0.717) is 23.4 Å². The lowest BCUT2D eigenvalue weighted by Gasteiger charge is -2.04. The average Bonchev–Trinajstić information content (AvgIpc) is 3.06. The molecule has 0 spiro atoms. The molecule has 2 rings (SSSR count). The first kappa shape index (κ1) is 19.1. The van der Waals surface area contributed by atoms with E-state index in [9.17, 15) is 14.4 Å². The molecular formula is C17H20N4O5. The van der Waals surface area contributed by atoms with Crippen LogP contribution in [0.1, 0.15) is 35.3 Å². The molecule has 0 saturated carbocycles. The summed E-state index contributed by atoms with van der Waals surface area (Å²) in [5, 5.41) is 18.7. The second-order valence-corrected chi connectivity index (χ2v) is 5.58. The van der Waals surface area contributed by atoms with Gasteiger partial charge in [-0.3, -0.25) is 14.4 Å². The number of nitrogens with one attached hydrogen (secondary N) is 1. The number of amides is 1. The molecule has 1 aromatic carbocycles. The van der Waals surface area contributed by atoms with Crippen molar-refractivity contribution in [3.8, 4) is 5.75 Å². The number of ketones is 1. The highest BCUT2D eigenvalue weighted by molar-refractivity contribution is 5.96. The number of hydrogen-bond acceptors (Lipinski definition) is 6. The van der Waals surface area contributed by atoms with Crippen molar-refractivity contribution in [3.05, 3.63) is 41.7 Å². The van der Waals surface area contributed by atoms with Crippen LogP contribution < -0.4 is 10.1 Å². The number of carbonyl (C=O) groups excluding carboxylic acids is 2. The number of aliphatic carboxylic acids is 1. The van der Waals surface area contributed by atoms with E-state index in [4.69, 9.17) is 9.84 Å². The molecule has 1 aromatic heterocycles. The van der Waals surface area contributed by atoms with Crippen molar-refractivity contribution in [1.29, 1.82) is 0 Å². The van der Waals surface area contributed by atoms with E-state index in [1.165, 1.54) is 10.9 Å². The molecule has 0 atom stereocenters. The largest absolute Gasteiger partial charge is 0.497 e. The molecule has 1 amide bonds. The highest BCUT2D eigenvalue weighted by atomic mass is 16.5. The Morgan fingerprint density at radius 3 is 2.58 bits per heavy atom. The van der Waals surface area contributed by atoms with Crippen molar-refractivity contribution in [2.75, 3.05) is 7.11 Å². The molecule has 0 fully saturated rings. The van der Waals surface area contributed by atoms with Gasteiger partial charge < -0.3 is 15.2 Å². The van der Waals surface area contributed by atoms with Crippen molar-refractivity contribution < 1.29 is 24.2 Å². The molecule has 0 bridgehead atoms. The van der Waals surface area contributed by atoms with Crippen LogP contribution in [0.2, 0.25) is 0 Å². The van der Waals surface area contributed by atoms with E-state index >= 15 is 0 Å². The summed E-state index contributed by atoms with van der Waals surface area (Å²) in [6, 6.07) is 6.83. The third kappa shape index (κ3) is 6.00. The summed E-state index contributed by atoms with van der Waals surface area (Å²) in [7, 11) is 1.56. The molecule has 9 heteroatoms. The monoisotopic (exact) mass is 360 g/mol. The second-order valence-electron chi connectivity index (χ2n) is 5.58. The van der Waals surface area contributed by atoms with Gasteiger partial charge >= 0.3 is 5.97 Å². The number of nitrogens with zero attached hydrogens (tertiary/aromatic N) is 3. The topological polar surface area (TPSA) is 123 Å². The Kier molecular flexibility index (Phi) is 6.84. The van der Waals surface area contributed by atoms with Gasteiger partial charge in [0.1, 0.15) is 18.0 Å². The number of methoxy groups -OCH3 is 1. The first-order valence-electron chi connectivity index (χ1n) is 8.02. The fourth-order valence-electron chi connectivity index (χ4n) is 2.24. The molecule has 1 heterocycles. The van der Waals surface area contributed by atoms with Gasteiger partial charge in [-0.2, -0.15) is 0 Å².